The molecule has 2 N–H and O–H groups in total. The van der Waals surface area contributed by atoms with Crippen LogP contribution in [0.25, 0.3) is 22.0 Å². The van der Waals surface area contributed by atoms with Crippen molar-refractivity contribution in [2.45, 2.75) is 32.5 Å². The number of aliphatic hydroxyl groups is 1. The molecule has 1 aliphatic heterocycles. The average molecular weight is 433 g/mol. The van der Waals surface area contributed by atoms with Crippen LogP contribution in [-0.2, 0) is 6.18 Å². The molecule has 10 heteroatoms. The summed E-state index contributed by atoms with van der Waals surface area (Å²) in [6, 6.07) is 2.73. The Balaban J connectivity index is 1.80. The number of alkyl halides is 3. The van der Waals surface area contributed by atoms with Gasteiger partial charge >= 0.3 is 6.18 Å². The fourth-order valence-electron chi connectivity index (χ4n) is 4.00. The Labute approximate surface area is 176 Å². The lowest BCUT2D eigenvalue weighted by Gasteiger charge is -2.46. The van der Waals surface area contributed by atoms with Gasteiger partial charge < -0.3 is 15.1 Å². The summed E-state index contributed by atoms with van der Waals surface area (Å²) in [7, 11) is 0. The number of hydrogen-bond acceptors (Lipinski definition) is 7. The maximum atomic E-state index is 13.0. The van der Waals surface area contributed by atoms with Gasteiger partial charge in [0.1, 0.15) is 11.4 Å². The molecule has 7 nitrogen and oxygen atoms in total. The van der Waals surface area contributed by atoms with Crippen molar-refractivity contribution in [3.05, 3.63) is 36.2 Å². The van der Waals surface area contributed by atoms with Crippen LogP contribution in [-0.4, -0.2) is 49.3 Å². The van der Waals surface area contributed by atoms with Crippen molar-refractivity contribution in [1.29, 1.82) is 0 Å². The second-order valence-electron chi connectivity index (χ2n) is 8.35. The number of phenolic OH excluding ortho intramolecular Hbond substituents is 1. The van der Waals surface area contributed by atoms with Crippen molar-refractivity contribution in [2.75, 3.05) is 18.0 Å². The highest BCUT2D eigenvalue weighted by atomic mass is 19.4. The number of nitrogens with zero attached hydrogens (tertiary/aromatic N) is 5. The van der Waals surface area contributed by atoms with Crippen LogP contribution in [0.2, 0.25) is 0 Å². The maximum absolute atomic E-state index is 13.0. The molecule has 0 unspecified atom stereocenters. The minimum atomic E-state index is -4.57. The van der Waals surface area contributed by atoms with Crippen LogP contribution < -0.4 is 4.90 Å². The second-order valence-corrected chi connectivity index (χ2v) is 8.35. The first-order valence-electron chi connectivity index (χ1n) is 9.85. The third kappa shape index (κ3) is 3.65. The lowest BCUT2D eigenvalue weighted by atomic mass is 9.76. The highest BCUT2D eigenvalue weighted by Crippen LogP contribution is 2.40. The molecule has 0 aliphatic carbocycles. The Morgan fingerprint density at radius 1 is 1.03 bits per heavy atom. The van der Waals surface area contributed by atoms with E-state index in [2.05, 4.69) is 20.4 Å². The molecule has 2 aromatic heterocycles. The molecule has 3 heterocycles. The Morgan fingerprint density at radius 2 is 1.65 bits per heavy atom. The number of phenols is 1. The summed E-state index contributed by atoms with van der Waals surface area (Å²) < 4.78 is 38.9. The molecule has 0 saturated carbocycles. The number of rotatable bonds is 2. The zero-order valence-electron chi connectivity index (χ0n) is 17.2. The first-order chi connectivity index (χ1) is 14.5. The normalized spacial score (nSPS) is 24.5. The number of benzene rings is 1. The van der Waals surface area contributed by atoms with Gasteiger partial charge in [-0.25, -0.2) is 0 Å². The lowest BCUT2D eigenvalue weighted by molar-refractivity contribution is -0.137. The number of fused-ring (bicyclic) bond motifs is 1. The van der Waals surface area contributed by atoms with Crippen LogP contribution in [0, 0.1) is 11.8 Å². The molecule has 1 aliphatic rings. The number of aromatic nitrogens is 4. The van der Waals surface area contributed by atoms with Crippen molar-refractivity contribution >= 4 is 16.6 Å². The average Bonchev–Trinajstić information content (AvgIpc) is 2.71. The summed E-state index contributed by atoms with van der Waals surface area (Å²) in [5.41, 5.74) is -1.44. The fraction of sp³-hybridized carbons (Fsp3) is 0.429. The summed E-state index contributed by atoms with van der Waals surface area (Å²) in [5.74, 6) is -0.0523. The highest BCUT2D eigenvalue weighted by Gasteiger charge is 2.41. The van der Waals surface area contributed by atoms with Gasteiger partial charge in [-0.1, -0.05) is 13.8 Å². The molecule has 0 spiro atoms. The first kappa shape index (κ1) is 21.2. The lowest BCUT2D eigenvalue weighted by Crippen LogP contribution is -2.55. The summed E-state index contributed by atoms with van der Waals surface area (Å²) >= 11 is 0. The van der Waals surface area contributed by atoms with Crippen molar-refractivity contribution in [2.24, 2.45) is 11.8 Å². The predicted octanol–water partition coefficient (Wildman–Crippen LogP) is 3.65. The van der Waals surface area contributed by atoms with Crippen molar-refractivity contribution in [1.82, 2.24) is 20.4 Å². The zero-order valence-corrected chi connectivity index (χ0v) is 17.2. The Bertz CT molecular complexity index is 1120. The minimum absolute atomic E-state index is 0.0264. The smallest absolute Gasteiger partial charge is 0.416 e. The van der Waals surface area contributed by atoms with E-state index in [0.717, 1.165) is 6.07 Å². The number of piperidine rings is 1. The van der Waals surface area contributed by atoms with E-state index >= 15 is 0 Å². The van der Waals surface area contributed by atoms with Gasteiger partial charge in [-0.3, -0.25) is 0 Å². The van der Waals surface area contributed by atoms with Crippen LogP contribution in [0.15, 0.2) is 30.6 Å². The molecule has 3 aromatic rings. The molecule has 1 fully saturated rings. The predicted molar refractivity (Wildman–Crippen MR) is 108 cm³/mol. The molecular weight excluding hydrogens is 411 g/mol. The molecular formula is C21H22F3N5O2. The van der Waals surface area contributed by atoms with E-state index in [1.54, 1.807) is 0 Å². The number of hydrogen-bond donors (Lipinski definition) is 2. The van der Waals surface area contributed by atoms with Gasteiger partial charge in [0, 0.05) is 35.9 Å². The van der Waals surface area contributed by atoms with Gasteiger partial charge in [-0.05, 0) is 25.1 Å². The van der Waals surface area contributed by atoms with Gasteiger partial charge in [0.05, 0.1) is 28.9 Å². The topological polar surface area (TPSA) is 95.3 Å². The van der Waals surface area contributed by atoms with E-state index in [4.69, 9.17) is 0 Å². The fourth-order valence-corrected chi connectivity index (χ4v) is 4.00. The third-order valence-electron chi connectivity index (χ3n) is 6.33. The van der Waals surface area contributed by atoms with Gasteiger partial charge in [0.2, 0.25) is 0 Å². The SMILES string of the molecule is C[C@@H]1CN(c2nnc(-c3ccc(C(F)(F)F)cc3O)c3cnncc23)C[C@H](C)[C@]1(C)O. The minimum Gasteiger partial charge on any atom is -0.507 e. The van der Waals surface area contributed by atoms with Crippen LogP contribution in [0.3, 0.4) is 0 Å². The number of anilines is 1. The number of halogens is 3. The molecule has 3 atom stereocenters. The van der Waals surface area contributed by atoms with E-state index < -0.39 is 23.1 Å². The third-order valence-corrected chi connectivity index (χ3v) is 6.33. The van der Waals surface area contributed by atoms with Crippen molar-refractivity contribution < 1.29 is 23.4 Å². The molecule has 4 rings (SSSR count). The molecule has 0 radical (unpaired) electrons. The Hall–Kier alpha value is -3.01. The molecule has 0 bridgehead atoms. The largest absolute Gasteiger partial charge is 0.507 e. The van der Waals surface area contributed by atoms with Crippen LogP contribution >= 0.6 is 0 Å². The Kier molecular flexibility index (Phi) is 5.00. The van der Waals surface area contributed by atoms with Crippen LogP contribution in [0.5, 0.6) is 5.75 Å². The maximum Gasteiger partial charge on any atom is 0.416 e. The second kappa shape index (κ2) is 7.30. The van der Waals surface area contributed by atoms with Gasteiger partial charge in [-0.15, -0.1) is 10.2 Å². The van der Waals surface area contributed by atoms with E-state index in [-0.39, 0.29) is 23.1 Å². The Morgan fingerprint density at radius 3 is 2.23 bits per heavy atom. The molecule has 0 amide bonds. The molecule has 31 heavy (non-hydrogen) atoms. The summed E-state index contributed by atoms with van der Waals surface area (Å²) in [4.78, 5) is 2.01. The summed E-state index contributed by atoms with van der Waals surface area (Å²) in [6.07, 6.45) is -1.60. The van der Waals surface area contributed by atoms with E-state index in [9.17, 15) is 23.4 Å². The summed E-state index contributed by atoms with van der Waals surface area (Å²) in [5, 5.41) is 38.5. The zero-order chi connectivity index (χ0) is 22.6. The molecule has 1 aromatic carbocycles. The monoisotopic (exact) mass is 433 g/mol. The van der Waals surface area contributed by atoms with Crippen molar-refractivity contribution in [3.8, 4) is 17.0 Å². The molecule has 164 valence electrons. The number of aromatic hydroxyl groups is 1. The van der Waals surface area contributed by atoms with E-state index in [1.165, 1.54) is 18.5 Å². The van der Waals surface area contributed by atoms with Crippen LogP contribution in [0.1, 0.15) is 26.3 Å². The first-order valence-corrected chi connectivity index (χ1v) is 9.85. The van der Waals surface area contributed by atoms with Crippen molar-refractivity contribution in [3.63, 3.8) is 0 Å². The molecule has 1 saturated heterocycles. The standard InChI is InChI=1S/C21H22F3N5O2/c1-11-9-29(10-12(2)20(11,3)31)19-16-8-26-25-7-15(16)18(27-28-19)14-5-4-13(6-17(14)30)21(22,23)24/h4-8,11-12,30-31H,9-10H2,1-3H3/t11-,12+,20-. The van der Waals surface area contributed by atoms with E-state index in [0.29, 0.717) is 35.7 Å². The van der Waals surface area contributed by atoms with E-state index in [1.807, 2.05) is 25.7 Å². The van der Waals surface area contributed by atoms with Crippen LogP contribution in [0.4, 0.5) is 19.0 Å². The van der Waals surface area contributed by atoms with Gasteiger partial charge in [0.15, 0.2) is 5.82 Å². The summed E-state index contributed by atoms with van der Waals surface area (Å²) in [6.45, 7) is 6.85. The highest BCUT2D eigenvalue weighted by molar-refractivity contribution is 6.00. The quantitative estimate of drug-likeness (QED) is 0.637. The van der Waals surface area contributed by atoms with Gasteiger partial charge in [0.25, 0.3) is 0 Å². The van der Waals surface area contributed by atoms with Gasteiger partial charge in [-0.2, -0.15) is 23.4 Å².